The Morgan fingerprint density at radius 1 is 1.20 bits per heavy atom. The van der Waals surface area contributed by atoms with Gasteiger partial charge in [0.1, 0.15) is 0 Å². The molecule has 0 heterocycles. The first-order chi connectivity index (χ1) is 9.29. The average molecular weight is 277 g/mol. The number of carboxylic acids is 1. The number of rotatable bonds is 6. The molecular weight excluding hydrogens is 254 g/mol. The molecule has 0 radical (unpaired) electrons. The Morgan fingerprint density at radius 2 is 1.80 bits per heavy atom. The van der Waals surface area contributed by atoms with Crippen LogP contribution in [0.5, 0.6) is 0 Å². The van der Waals surface area contributed by atoms with Crippen LogP contribution in [0.4, 0.5) is 0 Å². The number of hydrogen-bond donors (Lipinski definition) is 2. The van der Waals surface area contributed by atoms with Crippen molar-refractivity contribution in [2.45, 2.75) is 46.1 Å². The molecule has 1 rings (SSSR count). The van der Waals surface area contributed by atoms with Gasteiger partial charge in [0.05, 0.1) is 0 Å². The molecule has 0 saturated carbocycles. The quantitative estimate of drug-likeness (QED) is 0.839. The zero-order valence-corrected chi connectivity index (χ0v) is 12.3. The summed E-state index contributed by atoms with van der Waals surface area (Å²) in [6.45, 7) is 6.36. The van der Waals surface area contributed by atoms with E-state index in [0.29, 0.717) is 12.0 Å². The Hall–Kier alpha value is -1.84. The van der Waals surface area contributed by atoms with Crippen molar-refractivity contribution in [2.24, 2.45) is 5.41 Å². The molecule has 2 N–H and O–H groups in total. The standard InChI is InChI=1S/C16H23NO3/c1-16(2,3)11-7-10-13(18)17-14(15(19)20)12-8-5-4-6-9-12/h4-6,8-9,14H,7,10-11H2,1-3H3,(H,17,18)(H,19,20)/t14-/m0/s1. The van der Waals surface area contributed by atoms with Crippen LogP contribution < -0.4 is 5.32 Å². The van der Waals surface area contributed by atoms with Crippen molar-refractivity contribution in [1.29, 1.82) is 0 Å². The second-order valence-electron chi connectivity index (χ2n) is 6.16. The van der Waals surface area contributed by atoms with Gasteiger partial charge in [0.25, 0.3) is 0 Å². The van der Waals surface area contributed by atoms with E-state index in [1.807, 2.05) is 6.07 Å². The molecule has 0 unspecified atom stereocenters. The molecule has 20 heavy (non-hydrogen) atoms. The van der Waals surface area contributed by atoms with E-state index in [2.05, 4.69) is 26.1 Å². The third-order valence-electron chi connectivity index (χ3n) is 3.02. The highest BCUT2D eigenvalue weighted by atomic mass is 16.4. The Kier molecular flexibility index (Phi) is 5.74. The average Bonchev–Trinajstić information content (AvgIpc) is 2.35. The van der Waals surface area contributed by atoms with E-state index < -0.39 is 12.0 Å². The van der Waals surface area contributed by atoms with Crippen molar-refractivity contribution in [3.63, 3.8) is 0 Å². The van der Waals surface area contributed by atoms with Gasteiger partial charge in [0.15, 0.2) is 6.04 Å². The Labute approximate surface area is 120 Å². The van der Waals surface area contributed by atoms with Gasteiger partial charge in [-0.2, -0.15) is 0 Å². The Balaban J connectivity index is 2.55. The molecule has 0 aliphatic rings. The van der Waals surface area contributed by atoms with Crippen LogP contribution in [-0.4, -0.2) is 17.0 Å². The summed E-state index contributed by atoms with van der Waals surface area (Å²) in [5.74, 6) is -1.26. The summed E-state index contributed by atoms with van der Waals surface area (Å²) in [6, 6.07) is 7.77. The summed E-state index contributed by atoms with van der Waals surface area (Å²) in [6.07, 6.45) is 2.05. The fraction of sp³-hybridized carbons (Fsp3) is 0.500. The SMILES string of the molecule is CC(C)(C)CCCC(=O)N[C@H](C(=O)O)c1ccccc1. The fourth-order valence-electron chi connectivity index (χ4n) is 1.95. The van der Waals surface area contributed by atoms with Gasteiger partial charge in [-0.1, -0.05) is 51.1 Å². The minimum absolute atomic E-state index is 0.186. The number of hydrogen-bond acceptors (Lipinski definition) is 2. The molecule has 0 fully saturated rings. The van der Waals surface area contributed by atoms with E-state index in [4.69, 9.17) is 0 Å². The number of nitrogens with one attached hydrogen (secondary N) is 1. The second-order valence-corrected chi connectivity index (χ2v) is 6.16. The second kappa shape index (κ2) is 7.08. The number of aliphatic carboxylic acids is 1. The summed E-state index contributed by atoms with van der Waals surface area (Å²) in [5.41, 5.74) is 0.774. The fourth-order valence-corrected chi connectivity index (χ4v) is 1.95. The summed E-state index contributed by atoms with van der Waals surface area (Å²) in [5, 5.41) is 11.8. The van der Waals surface area contributed by atoms with E-state index in [1.54, 1.807) is 24.3 Å². The van der Waals surface area contributed by atoms with Crippen molar-refractivity contribution in [2.75, 3.05) is 0 Å². The zero-order valence-electron chi connectivity index (χ0n) is 12.3. The lowest BCUT2D eigenvalue weighted by atomic mass is 9.90. The van der Waals surface area contributed by atoms with Gasteiger partial charge >= 0.3 is 5.97 Å². The van der Waals surface area contributed by atoms with Crippen molar-refractivity contribution < 1.29 is 14.7 Å². The molecular formula is C16H23NO3. The minimum Gasteiger partial charge on any atom is -0.479 e. The first-order valence-corrected chi connectivity index (χ1v) is 6.87. The van der Waals surface area contributed by atoms with Crippen LogP contribution in [0.1, 0.15) is 51.6 Å². The van der Waals surface area contributed by atoms with Crippen LogP contribution in [0, 0.1) is 5.41 Å². The highest BCUT2D eigenvalue weighted by Gasteiger charge is 2.21. The van der Waals surface area contributed by atoms with Crippen LogP contribution in [0.3, 0.4) is 0 Å². The van der Waals surface area contributed by atoms with E-state index in [0.717, 1.165) is 12.8 Å². The third-order valence-corrected chi connectivity index (χ3v) is 3.02. The molecule has 0 aliphatic carbocycles. The van der Waals surface area contributed by atoms with Gasteiger partial charge in [-0.25, -0.2) is 4.79 Å². The predicted molar refractivity (Wildman–Crippen MR) is 78.3 cm³/mol. The van der Waals surface area contributed by atoms with Gasteiger partial charge in [0, 0.05) is 6.42 Å². The highest BCUT2D eigenvalue weighted by Crippen LogP contribution is 2.21. The maximum absolute atomic E-state index is 11.8. The molecule has 0 saturated heterocycles. The third kappa shape index (κ3) is 5.87. The van der Waals surface area contributed by atoms with Crippen LogP contribution >= 0.6 is 0 Å². The number of benzene rings is 1. The summed E-state index contributed by atoms with van der Waals surface area (Å²) >= 11 is 0. The molecule has 110 valence electrons. The van der Waals surface area contributed by atoms with E-state index in [1.165, 1.54) is 0 Å². The number of amides is 1. The van der Waals surface area contributed by atoms with E-state index in [-0.39, 0.29) is 11.3 Å². The van der Waals surface area contributed by atoms with Gasteiger partial charge in [-0.15, -0.1) is 0 Å². The summed E-state index contributed by atoms with van der Waals surface area (Å²) in [4.78, 5) is 23.1. The normalized spacial score (nSPS) is 12.8. The summed E-state index contributed by atoms with van der Waals surface area (Å²) < 4.78 is 0. The van der Waals surface area contributed by atoms with Gasteiger partial charge in [-0.3, -0.25) is 4.79 Å². The van der Waals surface area contributed by atoms with Crippen LogP contribution in [0.15, 0.2) is 30.3 Å². The van der Waals surface area contributed by atoms with Crippen LogP contribution in [0.2, 0.25) is 0 Å². The molecule has 1 atom stereocenters. The monoisotopic (exact) mass is 277 g/mol. The molecule has 4 nitrogen and oxygen atoms in total. The predicted octanol–water partition coefficient (Wildman–Crippen LogP) is 3.14. The maximum atomic E-state index is 11.8. The first kappa shape index (κ1) is 16.2. The molecule has 0 spiro atoms. The molecule has 1 aromatic carbocycles. The number of carbonyl (C=O) groups excluding carboxylic acids is 1. The first-order valence-electron chi connectivity index (χ1n) is 6.87. The Morgan fingerprint density at radius 3 is 2.30 bits per heavy atom. The molecule has 4 heteroatoms. The number of carbonyl (C=O) groups is 2. The lowest BCUT2D eigenvalue weighted by Crippen LogP contribution is -2.33. The number of carboxylic acid groups (broad SMARTS) is 1. The summed E-state index contributed by atoms with van der Waals surface area (Å²) in [7, 11) is 0. The molecule has 1 amide bonds. The van der Waals surface area contributed by atoms with Crippen molar-refractivity contribution in [3.05, 3.63) is 35.9 Å². The van der Waals surface area contributed by atoms with Crippen molar-refractivity contribution >= 4 is 11.9 Å². The smallest absolute Gasteiger partial charge is 0.330 e. The lowest BCUT2D eigenvalue weighted by Gasteiger charge is -2.18. The van der Waals surface area contributed by atoms with E-state index in [9.17, 15) is 14.7 Å². The highest BCUT2D eigenvalue weighted by molar-refractivity contribution is 5.84. The molecule has 0 aromatic heterocycles. The van der Waals surface area contributed by atoms with Crippen LogP contribution in [0.25, 0.3) is 0 Å². The van der Waals surface area contributed by atoms with Gasteiger partial charge in [-0.05, 0) is 23.8 Å². The largest absolute Gasteiger partial charge is 0.479 e. The molecule has 1 aromatic rings. The topological polar surface area (TPSA) is 66.4 Å². The Bertz CT molecular complexity index is 449. The van der Waals surface area contributed by atoms with E-state index >= 15 is 0 Å². The van der Waals surface area contributed by atoms with Crippen molar-refractivity contribution in [1.82, 2.24) is 5.32 Å². The van der Waals surface area contributed by atoms with Gasteiger partial charge in [0.2, 0.25) is 5.91 Å². The van der Waals surface area contributed by atoms with Gasteiger partial charge < -0.3 is 10.4 Å². The maximum Gasteiger partial charge on any atom is 0.330 e. The minimum atomic E-state index is -1.04. The molecule has 0 aliphatic heterocycles. The zero-order chi connectivity index (χ0) is 15.2. The van der Waals surface area contributed by atoms with Crippen molar-refractivity contribution in [3.8, 4) is 0 Å². The lowest BCUT2D eigenvalue weighted by molar-refractivity contribution is -0.142. The van der Waals surface area contributed by atoms with Crippen LogP contribution in [-0.2, 0) is 9.59 Å². The molecule has 0 bridgehead atoms.